The summed E-state index contributed by atoms with van der Waals surface area (Å²) in [5.74, 6) is 0.0984. The maximum atomic E-state index is 12.4. The van der Waals surface area contributed by atoms with E-state index in [1.165, 1.54) is 0 Å². The van der Waals surface area contributed by atoms with Gasteiger partial charge in [-0.2, -0.15) is 0 Å². The summed E-state index contributed by atoms with van der Waals surface area (Å²) >= 11 is 0. The summed E-state index contributed by atoms with van der Waals surface area (Å²) in [6, 6.07) is 7.61. The van der Waals surface area contributed by atoms with E-state index >= 15 is 0 Å². The summed E-state index contributed by atoms with van der Waals surface area (Å²) < 4.78 is 5.23. The second-order valence-corrected chi connectivity index (χ2v) is 5.88. The Bertz CT molecular complexity index is 643. The number of aromatic nitrogens is 1. The van der Waals surface area contributed by atoms with Crippen LogP contribution in [0.1, 0.15) is 19.0 Å². The maximum absolute atomic E-state index is 12.4. The normalized spacial score (nSPS) is 21.5. The molecule has 1 atom stereocenters. The highest BCUT2D eigenvalue weighted by atomic mass is 35.5. The lowest BCUT2D eigenvalue weighted by Gasteiger charge is -2.22. The number of likely N-dealkylation sites (tertiary alicyclic amines) is 1. The number of nitrogens with two attached hydrogens (primary N) is 1. The number of rotatable bonds is 3. The average Bonchev–Trinajstić information content (AvgIpc) is 3.04. The molecule has 1 fully saturated rings. The molecule has 1 amide bonds. The van der Waals surface area contributed by atoms with Crippen LogP contribution >= 0.6 is 12.4 Å². The molecule has 1 unspecified atom stereocenters. The maximum Gasteiger partial charge on any atom is 0.228 e. The molecule has 1 aromatic carbocycles. The van der Waals surface area contributed by atoms with Crippen molar-refractivity contribution in [2.45, 2.75) is 19.8 Å². The van der Waals surface area contributed by atoms with Crippen LogP contribution in [0.5, 0.6) is 0 Å². The summed E-state index contributed by atoms with van der Waals surface area (Å²) in [6.45, 7) is 4.26. The van der Waals surface area contributed by atoms with E-state index in [1.807, 2.05) is 29.2 Å². The first kappa shape index (κ1) is 15.8. The summed E-state index contributed by atoms with van der Waals surface area (Å²) in [5, 5.41) is 4.93. The van der Waals surface area contributed by atoms with Crippen LogP contribution in [0.25, 0.3) is 11.0 Å². The van der Waals surface area contributed by atoms with Crippen LogP contribution < -0.4 is 5.73 Å². The predicted octanol–water partition coefficient (Wildman–Crippen LogP) is 1.99. The number of hydrogen-bond acceptors (Lipinski definition) is 4. The number of halogens is 1. The number of carbonyl (C=O) groups is 1. The smallest absolute Gasteiger partial charge is 0.228 e. The third kappa shape index (κ3) is 3.04. The average molecular weight is 310 g/mol. The molecule has 1 aliphatic rings. The Labute approximate surface area is 129 Å². The second kappa shape index (κ2) is 6.03. The number of benzene rings is 1. The molecule has 5 nitrogen and oxygen atoms in total. The topological polar surface area (TPSA) is 72.4 Å². The van der Waals surface area contributed by atoms with Crippen molar-refractivity contribution in [1.82, 2.24) is 10.1 Å². The minimum Gasteiger partial charge on any atom is -0.356 e. The summed E-state index contributed by atoms with van der Waals surface area (Å²) in [6.07, 6.45) is 1.26. The van der Waals surface area contributed by atoms with Gasteiger partial charge in [0.2, 0.25) is 5.91 Å². The fraction of sp³-hybridized carbons (Fsp3) is 0.467. The van der Waals surface area contributed by atoms with Crippen LogP contribution in [0.3, 0.4) is 0 Å². The van der Waals surface area contributed by atoms with Crippen LogP contribution in [0, 0.1) is 5.41 Å². The monoisotopic (exact) mass is 309 g/mol. The summed E-state index contributed by atoms with van der Waals surface area (Å²) in [4.78, 5) is 14.2. The van der Waals surface area contributed by atoms with Crippen molar-refractivity contribution in [1.29, 1.82) is 0 Å². The van der Waals surface area contributed by atoms with Gasteiger partial charge in [-0.1, -0.05) is 24.2 Å². The third-order valence-corrected chi connectivity index (χ3v) is 4.17. The molecule has 2 N–H and O–H groups in total. The van der Waals surface area contributed by atoms with E-state index in [1.54, 1.807) is 0 Å². The lowest BCUT2D eigenvalue weighted by molar-refractivity contribution is -0.129. The van der Waals surface area contributed by atoms with Crippen molar-refractivity contribution >= 4 is 29.3 Å². The molecule has 0 aliphatic carbocycles. The largest absolute Gasteiger partial charge is 0.356 e. The van der Waals surface area contributed by atoms with Gasteiger partial charge >= 0.3 is 0 Å². The molecule has 0 bridgehead atoms. The van der Waals surface area contributed by atoms with Gasteiger partial charge in [0.25, 0.3) is 0 Å². The standard InChI is InChI=1S/C15H19N3O2.ClH/c1-15(9-16)6-7-18(10-15)14(19)8-12-11-4-2-3-5-13(11)20-17-12;/h2-5H,6-10,16H2,1H3;1H. The van der Waals surface area contributed by atoms with Gasteiger partial charge in [-0.05, 0) is 30.5 Å². The zero-order chi connectivity index (χ0) is 14.2. The molecule has 3 rings (SSSR count). The fourth-order valence-electron chi connectivity index (χ4n) is 2.72. The van der Waals surface area contributed by atoms with Gasteiger partial charge in [0.1, 0.15) is 5.69 Å². The van der Waals surface area contributed by atoms with Crippen molar-refractivity contribution in [2.24, 2.45) is 11.1 Å². The van der Waals surface area contributed by atoms with E-state index < -0.39 is 0 Å². The second-order valence-electron chi connectivity index (χ2n) is 5.88. The third-order valence-electron chi connectivity index (χ3n) is 4.17. The van der Waals surface area contributed by atoms with Gasteiger partial charge in [-0.25, -0.2) is 0 Å². The molecule has 1 saturated heterocycles. The van der Waals surface area contributed by atoms with Gasteiger partial charge in [0.15, 0.2) is 5.58 Å². The summed E-state index contributed by atoms with van der Waals surface area (Å²) in [7, 11) is 0. The number of carbonyl (C=O) groups excluding carboxylic acids is 1. The Balaban J connectivity index is 0.00000161. The first-order chi connectivity index (χ1) is 9.61. The van der Waals surface area contributed by atoms with Gasteiger partial charge < -0.3 is 15.2 Å². The number of amides is 1. The zero-order valence-electron chi connectivity index (χ0n) is 12.0. The van der Waals surface area contributed by atoms with Crippen LogP contribution in [0.4, 0.5) is 0 Å². The van der Waals surface area contributed by atoms with E-state index in [-0.39, 0.29) is 30.2 Å². The van der Waals surface area contributed by atoms with Gasteiger partial charge in [-0.3, -0.25) is 4.79 Å². The molecular weight excluding hydrogens is 290 g/mol. The number of para-hydroxylation sites is 1. The van der Waals surface area contributed by atoms with Crippen molar-refractivity contribution in [3.8, 4) is 0 Å². The van der Waals surface area contributed by atoms with Gasteiger partial charge in [0, 0.05) is 18.5 Å². The molecule has 2 heterocycles. The van der Waals surface area contributed by atoms with Crippen molar-refractivity contribution in [3.05, 3.63) is 30.0 Å². The van der Waals surface area contributed by atoms with E-state index in [4.69, 9.17) is 10.3 Å². The lowest BCUT2D eigenvalue weighted by atomic mass is 9.90. The Morgan fingerprint density at radius 2 is 2.24 bits per heavy atom. The predicted molar refractivity (Wildman–Crippen MR) is 83.3 cm³/mol. The van der Waals surface area contributed by atoms with Crippen LogP contribution in [-0.2, 0) is 11.2 Å². The Morgan fingerprint density at radius 3 is 2.95 bits per heavy atom. The molecule has 21 heavy (non-hydrogen) atoms. The van der Waals surface area contributed by atoms with Gasteiger partial charge in [0.05, 0.1) is 6.42 Å². The van der Waals surface area contributed by atoms with E-state index in [2.05, 4.69) is 12.1 Å². The van der Waals surface area contributed by atoms with Crippen molar-refractivity contribution < 1.29 is 9.32 Å². The van der Waals surface area contributed by atoms with Crippen LogP contribution in [-0.4, -0.2) is 35.6 Å². The first-order valence-electron chi connectivity index (χ1n) is 6.92. The Kier molecular flexibility index (Phi) is 4.54. The molecule has 1 aliphatic heterocycles. The summed E-state index contributed by atoms with van der Waals surface area (Å²) in [5.41, 5.74) is 7.27. The zero-order valence-corrected chi connectivity index (χ0v) is 12.9. The molecule has 0 radical (unpaired) electrons. The minimum atomic E-state index is 0. The van der Waals surface area contributed by atoms with E-state index in [0.717, 1.165) is 30.5 Å². The minimum absolute atomic E-state index is 0. The Hall–Kier alpha value is -1.59. The van der Waals surface area contributed by atoms with Crippen LogP contribution in [0.15, 0.2) is 28.8 Å². The highest BCUT2D eigenvalue weighted by Crippen LogP contribution is 2.29. The van der Waals surface area contributed by atoms with Gasteiger partial charge in [-0.15, -0.1) is 12.4 Å². The molecule has 0 saturated carbocycles. The van der Waals surface area contributed by atoms with E-state index in [9.17, 15) is 4.79 Å². The van der Waals surface area contributed by atoms with Crippen molar-refractivity contribution in [2.75, 3.05) is 19.6 Å². The highest BCUT2D eigenvalue weighted by molar-refractivity contribution is 5.86. The first-order valence-corrected chi connectivity index (χ1v) is 6.92. The highest BCUT2D eigenvalue weighted by Gasteiger charge is 2.35. The molecule has 114 valence electrons. The lowest BCUT2D eigenvalue weighted by Crippen LogP contribution is -2.35. The van der Waals surface area contributed by atoms with Crippen molar-refractivity contribution in [3.63, 3.8) is 0 Å². The number of nitrogens with zero attached hydrogens (tertiary/aromatic N) is 2. The Morgan fingerprint density at radius 1 is 1.48 bits per heavy atom. The molecule has 1 aromatic heterocycles. The van der Waals surface area contributed by atoms with E-state index in [0.29, 0.717) is 12.2 Å². The molecule has 2 aromatic rings. The molecule has 0 spiro atoms. The number of hydrogen-bond donors (Lipinski definition) is 1. The molecular formula is C15H20ClN3O2. The van der Waals surface area contributed by atoms with Crippen LogP contribution in [0.2, 0.25) is 0 Å². The fourth-order valence-corrected chi connectivity index (χ4v) is 2.72. The molecule has 6 heteroatoms. The number of fused-ring (bicyclic) bond motifs is 1. The quantitative estimate of drug-likeness (QED) is 0.941. The SMILES string of the molecule is CC1(CN)CCN(C(=O)Cc2noc3ccccc23)C1.Cl.